The summed E-state index contributed by atoms with van der Waals surface area (Å²) in [7, 11) is 0. The SMILES string of the molecule is CC1(C)Oc2c(cccc2N2CCN(CCCOc3c(Cl)cc(F)cc3Cl)CC2)C1Cl. The van der Waals surface area contributed by atoms with Crippen LogP contribution < -0.4 is 14.4 Å². The number of hydrogen-bond donors (Lipinski definition) is 0. The molecule has 0 aromatic heterocycles. The van der Waals surface area contributed by atoms with E-state index in [0.717, 1.165) is 56.1 Å². The van der Waals surface area contributed by atoms with Crippen molar-refractivity contribution in [3.63, 3.8) is 0 Å². The molecule has 2 aromatic carbocycles. The van der Waals surface area contributed by atoms with Crippen molar-refractivity contribution in [2.24, 2.45) is 0 Å². The Morgan fingerprint density at radius 3 is 2.48 bits per heavy atom. The molecule has 8 heteroatoms. The molecule has 1 unspecified atom stereocenters. The lowest BCUT2D eigenvalue weighted by atomic mass is 10.0. The van der Waals surface area contributed by atoms with Crippen molar-refractivity contribution in [2.45, 2.75) is 31.2 Å². The third kappa shape index (κ3) is 4.85. The molecule has 0 aliphatic carbocycles. The second-order valence-corrected chi connectivity index (χ2v) is 9.74. The van der Waals surface area contributed by atoms with Crippen LogP contribution in [0.15, 0.2) is 30.3 Å². The molecule has 0 radical (unpaired) electrons. The smallest absolute Gasteiger partial charge is 0.156 e. The zero-order valence-corrected chi connectivity index (χ0v) is 19.9. The maximum Gasteiger partial charge on any atom is 0.156 e. The minimum atomic E-state index is -0.472. The van der Waals surface area contributed by atoms with Crippen molar-refractivity contribution in [1.29, 1.82) is 0 Å². The second-order valence-electron chi connectivity index (χ2n) is 8.49. The first-order valence-corrected chi connectivity index (χ1v) is 11.7. The van der Waals surface area contributed by atoms with Crippen molar-refractivity contribution in [3.05, 3.63) is 51.8 Å². The Kier molecular flexibility index (Phi) is 6.78. The molecule has 1 saturated heterocycles. The van der Waals surface area contributed by atoms with Crippen LogP contribution in [0.25, 0.3) is 0 Å². The standard InChI is InChI=1S/C23H26Cl3FN2O2/c1-23(2)22(26)16-5-3-6-19(20(16)31-23)29-10-8-28(9-11-29)7-4-12-30-21-17(24)13-15(27)14-18(21)25/h3,5-6,13-14,22H,4,7-12H2,1-2H3. The number of fused-ring (bicyclic) bond motifs is 1. The molecule has 4 nitrogen and oxygen atoms in total. The molecular formula is C23H26Cl3FN2O2. The normalized spacial score (nSPS) is 20.5. The second kappa shape index (κ2) is 9.22. The summed E-state index contributed by atoms with van der Waals surface area (Å²) in [6, 6.07) is 8.65. The molecule has 31 heavy (non-hydrogen) atoms. The Hall–Kier alpha value is -1.40. The van der Waals surface area contributed by atoms with Gasteiger partial charge in [0.2, 0.25) is 0 Å². The number of nitrogens with zero attached hydrogens (tertiary/aromatic N) is 2. The van der Waals surface area contributed by atoms with E-state index in [4.69, 9.17) is 44.3 Å². The molecule has 2 heterocycles. The van der Waals surface area contributed by atoms with Crippen molar-refractivity contribution < 1.29 is 13.9 Å². The first-order valence-electron chi connectivity index (χ1n) is 10.5. The van der Waals surface area contributed by atoms with Crippen molar-refractivity contribution in [1.82, 2.24) is 4.90 Å². The number of alkyl halides is 1. The predicted octanol–water partition coefficient (Wildman–Crippen LogP) is 6.17. The van der Waals surface area contributed by atoms with E-state index in [2.05, 4.69) is 28.0 Å². The van der Waals surface area contributed by atoms with Gasteiger partial charge < -0.3 is 14.4 Å². The van der Waals surface area contributed by atoms with Gasteiger partial charge in [-0.25, -0.2) is 4.39 Å². The Bertz CT molecular complexity index is 925. The molecule has 2 aliphatic rings. The lowest BCUT2D eigenvalue weighted by Crippen LogP contribution is -2.47. The highest BCUT2D eigenvalue weighted by Gasteiger charge is 2.41. The number of hydrogen-bond acceptors (Lipinski definition) is 4. The Labute approximate surface area is 197 Å². The average molecular weight is 488 g/mol. The summed E-state index contributed by atoms with van der Waals surface area (Å²) in [4.78, 5) is 4.78. The first-order chi connectivity index (χ1) is 14.8. The van der Waals surface area contributed by atoms with Crippen LogP contribution in [0.1, 0.15) is 31.2 Å². The van der Waals surface area contributed by atoms with Gasteiger partial charge in [0.05, 0.1) is 22.3 Å². The summed E-state index contributed by atoms with van der Waals surface area (Å²) in [5.41, 5.74) is 1.79. The number of ether oxygens (including phenoxy) is 2. The number of piperazine rings is 1. The highest BCUT2D eigenvalue weighted by Crippen LogP contribution is 2.51. The fraction of sp³-hybridized carbons (Fsp3) is 0.478. The fourth-order valence-corrected chi connectivity index (χ4v) is 4.92. The van der Waals surface area contributed by atoms with Crippen LogP contribution >= 0.6 is 34.8 Å². The number of para-hydroxylation sites is 1. The van der Waals surface area contributed by atoms with Crippen molar-refractivity contribution in [3.8, 4) is 11.5 Å². The summed E-state index contributed by atoms with van der Waals surface area (Å²) in [5.74, 6) is 0.787. The topological polar surface area (TPSA) is 24.9 Å². The molecule has 0 bridgehead atoms. The molecule has 168 valence electrons. The number of rotatable bonds is 6. The maximum atomic E-state index is 13.3. The van der Waals surface area contributed by atoms with E-state index >= 15 is 0 Å². The molecular weight excluding hydrogens is 462 g/mol. The van der Waals surface area contributed by atoms with Crippen LogP contribution in [0.4, 0.5) is 10.1 Å². The first kappa shape index (κ1) is 22.8. The van der Waals surface area contributed by atoms with Crippen LogP contribution in [-0.2, 0) is 0 Å². The third-order valence-electron chi connectivity index (χ3n) is 5.81. The number of benzene rings is 2. The van der Waals surface area contributed by atoms with E-state index in [1.54, 1.807) is 0 Å². The molecule has 0 saturated carbocycles. The highest BCUT2D eigenvalue weighted by atomic mass is 35.5. The average Bonchev–Trinajstić information content (AvgIpc) is 2.96. The molecule has 2 aromatic rings. The van der Waals surface area contributed by atoms with Crippen LogP contribution in [-0.4, -0.2) is 49.8 Å². The monoisotopic (exact) mass is 486 g/mol. The van der Waals surface area contributed by atoms with Crippen LogP contribution in [0.5, 0.6) is 11.5 Å². The molecule has 1 fully saturated rings. The zero-order chi connectivity index (χ0) is 22.2. The molecule has 0 N–H and O–H groups in total. The summed E-state index contributed by atoms with van der Waals surface area (Å²) in [6.07, 6.45) is 0.829. The van der Waals surface area contributed by atoms with Gasteiger partial charge in [-0.3, -0.25) is 4.90 Å². The van der Waals surface area contributed by atoms with Crippen LogP contribution in [0.2, 0.25) is 10.0 Å². The molecule has 4 rings (SSSR count). The van der Waals surface area contributed by atoms with E-state index in [9.17, 15) is 4.39 Å². The number of anilines is 1. The molecule has 0 amide bonds. The fourth-order valence-electron chi connectivity index (χ4n) is 4.13. The lowest BCUT2D eigenvalue weighted by molar-refractivity contribution is 0.133. The van der Waals surface area contributed by atoms with Crippen molar-refractivity contribution in [2.75, 3.05) is 44.2 Å². The van der Waals surface area contributed by atoms with Gasteiger partial charge in [0.25, 0.3) is 0 Å². The van der Waals surface area contributed by atoms with Gasteiger partial charge >= 0.3 is 0 Å². The van der Waals surface area contributed by atoms with Crippen LogP contribution in [0.3, 0.4) is 0 Å². The predicted molar refractivity (Wildman–Crippen MR) is 125 cm³/mol. The Morgan fingerprint density at radius 1 is 1.13 bits per heavy atom. The van der Waals surface area contributed by atoms with Crippen LogP contribution in [0, 0.1) is 5.82 Å². The summed E-state index contributed by atoms with van der Waals surface area (Å²) in [5, 5.41) is 0.240. The quantitative estimate of drug-likeness (QED) is 0.359. The van der Waals surface area contributed by atoms with Gasteiger partial charge in [0.15, 0.2) is 5.75 Å². The Morgan fingerprint density at radius 2 is 1.81 bits per heavy atom. The Balaban J connectivity index is 1.27. The van der Waals surface area contributed by atoms with E-state index < -0.39 is 11.4 Å². The van der Waals surface area contributed by atoms with Gasteiger partial charge in [-0.2, -0.15) is 0 Å². The third-order valence-corrected chi connectivity index (χ3v) is 7.14. The highest BCUT2D eigenvalue weighted by molar-refractivity contribution is 6.37. The summed E-state index contributed by atoms with van der Waals surface area (Å²) < 4.78 is 25.2. The number of halogens is 4. The molecule has 0 spiro atoms. The largest absolute Gasteiger partial charge is 0.490 e. The summed E-state index contributed by atoms with van der Waals surface area (Å²) >= 11 is 18.7. The van der Waals surface area contributed by atoms with Gasteiger partial charge in [-0.15, -0.1) is 11.6 Å². The van der Waals surface area contributed by atoms with Gasteiger partial charge in [-0.1, -0.05) is 35.3 Å². The maximum absolute atomic E-state index is 13.3. The van der Waals surface area contributed by atoms with E-state index in [1.807, 2.05) is 13.8 Å². The summed E-state index contributed by atoms with van der Waals surface area (Å²) in [6.45, 7) is 9.18. The minimum Gasteiger partial charge on any atom is -0.490 e. The van der Waals surface area contributed by atoms with E-state index in [0.29, 0.717) is 12.4 Å². The van der Waals surface area contributed by atoms with E-state index in [-0.39, 0.29) is 15.4 Å². The molecule has 1 atom stereocenters. The van der Waals surface area contributed by atoms with E-state index in [1.165, 1.54) is 12.1 Å². The lowest BCUT2D eigenvalue weighted by Gasteiger charge is -2.36. The molecule has 2 aliphatic heterocycles. The zero-order valence-electron chi connectivity index (χ0n) is 17.6. The van der Waals surface area contributed by atoms with Gasteiger partial charge in [-0.05, 0) is 38.5 Å². The van der Waals surface area contributed by atoms with Crippen molar-refractivity contribution >= 4 is 40.5 Å². The van der Waals surface area contributed by atoms with Gasteiger partial charge in [0.1, 0.15) is 22.5 Å². The van der Waals surface area contributed by atoms with Gasteiger partial charge in [0, 0.05) is 38.3 Å². The minimum absolute atomic E-state index is 0.146.